The van der Waals surface area contributed by atoms with Gasteiger partial charge in [-0.25, -0.2) is 4.39 Å². The first kappa shape index (κ1) is 21.1. The van der Waals surface area contributed by atoms with Crippen LogP contribution in [0.5, 0.6) is 5.75 Å². The van der Waals surface area contributed by atoms with Gasteiger partial charge in [-0.05, 0) is 30.3 Å². The summed E-state index contributed by atoms with van der Waals surface area (Å²) in [5.41, 5.74) is 1.18. The van der Waals surface area contributed by atoms with Crippen molar-refractivity contribution in [2.45, 2.75) is 12.6 Å². The SMILES string of the molecule is C=C(CCN1C(=O)c2ccc(Cl)cc2[C@@H]1O)NC(=O)COc1ccc(Cl)c(F)c1. The summed E-state index contributed by atoms with van der Waals surface area (Å²) < 4.78 is 18.6. The van der Waals surface area contributed by atoms with E-state index < -0.39 is 18.0 Å². The Labute approximate surface area is 176 Å². The molecule has 1 atom stereocenters. The zero-order valence-electron chi connectivity index (χ0n) is 15.1. The quantitative estimate of drug-likeness (QED) is 0.690. The lowest BCUT2D eigenvalue weighted by molar-refractivity contribution is -0.122. The number of ether oxygens (including phenoxy) is 1. The molecule has 0 radical (unpaired) electrons. The zero-order valence-corrected chi connectivity index (χ0v) is 16.6. The molecule has 0 aromatic heterocycles. The minimum Gasteiger partial charge on any atom is -0.484 e. The minimum absolute atomic E-state index is 0.0433. The van der Waals surface area contributed by atoms with Crippen molar-refractivity contribution in [2.75, 3.05) is 13.2 Å². The number of nitrogens with zero attached hydrogens (tertiary/aromatic N) is 1. The lowest BCUT2D eigenvalue weighted by Crippen LogP contribution is -2.32. The zero-order chi connectivity index (χ0) is 21.1. The Morgan fingerprint density at radius 3 is 2.76 bits per heavy atom. The van der Waals surface area contributed by atoms with E-state index in [0.29, 0.717) is 21.8 Å². The second kappa shape index (κ2) is 8.82. The largest absolute Gasteiger partial charge is 0.484 e. The Kier molecular flexibility index (Phi) is 6.42. The average Bonchev–Trinajstić information content (AvgIpc) is 2.91. The third-order valence-corrected chi connectivity index (χ3v) is 4.85. The highest BCUT2D eigenvalue weighted by atomic mass is 35.5. The molecule has 1 aliphatic heterocycles. The lowest BCUT2D eigenvalue weighted by atomic mass is 10.1. The van der Waals surface area contributed by atoms with Gasteiger partial charge in [0.25, 0.3) is 11.8 Å². The third kappa shape index (κ3) is 4.87. The molecule has 0 saturated carbocycles. The summed E-state index contributed by atoms with van der Waals surface area (Å²) in [4.78, 5) is 25.6. The predicted octanol–water partition coefficient (Wildman–Crippen LogP) is 3.68. The average molecular weight is 439 g/mol. The van der Waals surface area contributed by atoms with Gasteiger partial charge in [-0.3, -0.25) is 9.59 Å². The fraction of sp³-hybridized carbons (Fsp3) is 0.200. The van der Waals surface area contributed by atoms with E-state index in [1.165, 1.54) is 17.0 Å². The summed E-state index contributed by atoms with van der Waals surface area (Å²) in [6, 6.07) is 8.54. The summed E-state index contributed by atoms with van der Waals surface area (Å²) in [5, 5.41) is 13.3. The highest BCUT2D eigenvalue weighted by molar-refractivity contribution is 6.31. The molecule has 0 fully saturated rings. The fourth-order valence-corrected chi connectivity index (χ4v) is 3.16. The van der Waals surface area contributed by atoms with Gasteiger partial charge in [-0.1, -0.05) is 29.8 Å². The van der Waals surface area contributed by atoms with Gasteiger partial charge >= 0.3 is 0 Å². The fourth-order valence-electron chi connectivity index (χ4n) is 2.87. The number of rotatable bonds is 7. The Morgan fingerprint density at radius 2 is 2.03 bits per heavy atom. The van der Waals surface area contributed by atoms with Gasteiger partial charge in [0, 0.05) is 40.9 Å². The lowest BCUT2D eigenvalue weighted by Gasteiger charge is -2.21. The van der Waals surface area contributed by atoms with Crippen molar-refractivity contribution in [3.05, 3.63) is 75.7 Å². The molecule has 0 unspecified atom stereocenters. The van der Waals surface area contributed by atoms with Crippen LogP contribution in [-0.2, 0) is 4.79 Å². The van der Waals surface area contributed by atoms with Crippen LogP contribution in [0, 0.1) is 5.82 Å². The van der Waals surface area contributed by atoms with E-state index >= 15 is 0 Å². The Balaban J connectivity index is 1.48. The van der Waals surface area contributed by atoms with E-state index in [4.69, 9.17) is 27.9 Å². The number of aliphatic hydroxyl groups excluding tert-OH is 1. The molecule has 0 aliphatic carbocycles. The molecule has 2 N–H and O–H groups in total. The number of aliphatic hydroxyl groups is 1. The van der Waals surface area contributed by atoms with Gasteiger partial charge in [-0.2, -0.15) is 0 Å². The molecule has 29 heavy (non-hydrogen) atoms. The molecular formula is C20H17Cl2FN2O4. The van der Waals surface area contributed by atoms with Crippen molar-refractivity contribution in [3.8, 4) is 5.75 Å². The maximum Gasteiger partial charge on any atom is 0.262 e. The number of halogens is 3. The molecule has 2 aromatic rings. The summed E-state index contributed by atoms with van der Waals surface area (Å²) in [6.45, 7) is 3.54. The predicted molar refractivity (Wildman–Crippen MR) is 106 cm³/mol. The first-order valence-corrected chi connectivity index (χ1v) is 9.36. The molecule has 2 aromatic carbocycles. The van der Waals surface area contributed by atoms with E-state index in [1.54, 1.807) is 18.2 Å². The van der Waals surface area contributed by atoms with Crippen molar-refractivity contribution in [1.29, 1.82) is 0 Å². The van der Waals surface area contributed by atoms with Crippen molar-refractivity contribution >= 4 is 35.0 Å². The Hall–Kier alpha value is -2.61. The monoisotopic (exact) mass is 438 g/mol. The van der Waals surface area contributed by atoms with Gasteiger partial charge in [0.1, 0.15) is 11.6 Å². The highest BCUT2D eigenvalue weighted by Crippen LogP contribution is 2.33. The van der Waals surface area contributed by atoms with Crippen LogP contribution in [0.3, 0.4) is 0 Å². The highest BCUT2D eigenvalue weighted by Gasteiger charge is 2.35. The molecule has 152 valence electrons. The van der Waals surface area contributed by atoms with Crippen LogP contribution < -0.4 is 10.1 Å². The maximum absolute atomic E-state index is 13.4. The first-order valence-electron chi connectivity index (χ1n) is 8.60. The smallest absolute Gasteiger partial charge is 0.262 e. The number of carbonyl (C=O) groups is 2. The van der Waals surface area contributed by atoms with E-state index in [-0.39, 0.29) is 36.3 Å². The number of carbonyl (C=O) groups excluding carboxylic acids is 2. The number of hydrogen-bond acceptors (Lipinski definition) is 4. The van der Waals surface area contributed by atoms with E-state index in [9.17, 15) is 19.1 Å². The van der Waals surface area contributed by atoms with Crippen molar-refractivity contribution in [1.82, 2.24) is 10.2 Å². The molecular weight excluding hydrogens is 422 g/mol. The topological polar surface area (TPSA) is 78.9 Å². The Morgan fingerprint density at radius 1 is 1.28 bits per heavy atom. The molecule has 0 saturated heterocycles. The molecule has 3 rings (SSSR count). The van der Waals surface area contributed by atoms with E-state index in [2.05, 4.69) is 11.9 Å². The van der Waals surface area contributed by atoms with Crippen LogP contribution >= 0.6 is 23.2 Å². The number of benzene rings is 2. The minimum atomic E-state index is -1.11. The van der Waals surface area contributed by atoms with Crippen LogP contribution in [0.1, 0.15) is 28.6 Å². The van der Waals surface area contributed by atoms with Gasteiger partial charge in [-0.15, -0.1) is 0 Å². The van der Waals surface area contributed by atoms with Crippen LogP contribution in [0.2, 0.25) is 10.0 Å². The second-order valence-corrected chi connectivity index (χ2v) is 7.21. The summed E-state index contributed by atoms with van der Waals surface area (Å²) in [7, 11) is 0. The number of fused-ring (bicyclic) bond motifs is 1. The molecule has 0 spiro atoms. The number of amides is 2. The van der Waals surface area contributed by atoms with Gasteiger partial charge in [0.15, 0.2) is 12.8 Å². The molecule has 2 amide bonds. The van der Waals surface area contributed by atoms with Crippen LogP contribution in [0.4, 0.5) is 4.39 Å². The van der Waals surface area contributed by atoms with Crippen molar-refractivity contribution < 1.29 is 23.8 Å². The van der Waals surface area contributed by atoms with Gasteiger partial charge in [0.05, 0.1) is 5.02 Å². The third-order valence-electron chi connectivity index (χ3n) is 4.31. The van der Waals surface area contributed by atoms with Gasteiger partial charge in [0.2, 0.25) is 0 Å². The Bertz CT molecular complexity index is 983. The molecule has 9 heteroatoms. The van der Waals surface area contributed by atoms with Gasteiger partial charge < -0.3 is 20.1 Å². The first-order chi connectivity index (χ1) is 13.8. The normalized spacial score (nSPS) is 15.2. The van der Waals surface area contributed by atoms with E-state index in [1.807, 2.05) is 0 Å². The van der Waals surface area contributed by atoms with Crippen molar-refractivity contribution in [3.63, 3.8) is 0 Å². The van der Waals surface area contributed by atoms with Crippen LogP contribution in [-0.4, -0.2) is 35.0 Å². The molecule has 1 heterocycles. The molecule has 6 nitrogen and oxygen atoms in total. The standard InChI is InChI=1S/C20H17Cl2FN2O4/c1-11(24-18(26)10-29-13-3-5-16(22)17(23)9-13)6-7-25-19(27)14-4-2-12(21)8-15(14)20(25)28/h2-5,8-9,20,28H,1,6-7,10H2,(H,24,26)/t20-/m0/s1. The maximum atomic E-state index is 13.4. The number of nitrogens with one attached hydrogen (secondary N) is 1. The summed E-state index contributed by atoms with van der Waals surface area (Å²) in [6.07, 6.45) is -0.880. The number of hydrogen-bond donors (Lipinski definition) is 2. The summed E-state index contributed by atoms with van der Waals surface area (Å²) >= 11 is 11.5. The molecule has 0 bridgehead atoms. The van der Waals surface area contributed by atoms with Crippen LogP contribution in [0.25, 0.3) is 0 Å². The van der Waals surface area contributed by atoms with Crippen LogP contribution in [0.15, 0.2) is 48.7 Å². The second-order valence-electron chi connectivity index (χ2n) is 6.37. The van der Waals surface area contributed by atoms with Crippen molar-refractivity contribution in [2.24, 2.45) is 0 Å². The van der Waals surface area contributed by atoms with E-state index in [0.717, 1.165) is 6.07 Å². The summed E-state index contributed by atoms with van der Waals surface area (Å²) in [5.74, 6) is -1.30. The molecule has 1 aliphatic rings.